The van der Waals surface area contributed by atoms with Gasteiger partial charge in [-0.2, -0.15) is 0 Å². The summed E-state index contributed by atoms with van der Waals surface area (Å²) in [6.45, 7) is 2.11. The zero-order chi connectivity index (χ0) is 7.11. The van der Waals surface area contributed by atoms with Crippen molar-refractivity contribution in [1.29, 1.82) is 0 Å². The SMILES string of the molecule is CCCCCCC(=O)O.[MgH2]. The summed E-state index contributed by atoms with van der Waals surface area (Å²) >= 11 is 0. The third kappa shape index (κ3) is 11.1. The zero-order valence-corrected chi connectivity index (χ0v) is 5.89. The molecule has 0 aliphatic carbocycles. The topological polar surface area (TPSA) is 37.3 Å². The molecule has 0 aromatic carbocycles. The van der Waals surface area contributed by atoms with Gasteiger partial charge in [0.1, 0.15) is 0 Å². The lowest BCUT2D eigenvalue weighted by Gasteiger charge is -1.92. The minimum atomic E-state index is -0.675. The molecule has 0 amide bonds. The van der Waals surface area contributed by atoms with Crippen molar-refractivity contribution in [2.45, 2.75) is 39.0 Å². The van der Waals surface area contributed by atoms with Gasteiger partial charge in [0, 0.05) is 6.42 Å². The summed E-state index contributed by atoms with van der Waals surface area (Å²) in [7, 11) is 0. The Kier molecular flexibility index (Phi) is 11.9. The average molecular weight is 157 g/mol. The van der Waals surface area contributed by atoms with Crippen LogP contribution in [0.5, 0.6) is 0 Å². The summed E-state index contributed by atoms with van der Waals surface area (Å²) < 4.78 is 0. The van der Waals surface area contributed by atoms with Crippen LogP contribution in [0.3, 0.4) is 0 Å². The van der Waals surface area contributed by atoms with Crippen LogP contribution >= 0.6 is 0 Å². The lowest BCUT2D eigenvalue weighted by atomic mass is 10.2. The van der Waals surface area contributed by atoms with Gasteiger partial charge in [-0.3, -0.25) is 4.79 Å². The van der Waals surface area contributed by atoms with Crippen molar-refractivity contribution in [2.75, 3.05) is 0 Å². The van der Waals surface area contributed by atoms with E-state index in [1.807, 2.05) is 0 Å². The molecule has 0 aromatic rings. The van der Waals surface area contributed by atoms with E-state index >= 15 is 0 Å². The van der Waals surface area contributed by atoms with Crippen molar-refractivity contribution < 1.29 is 9.90 Å². The van der Waals surface area contributed by atoms with E-state index in [0.717, 1.165) is 19.3 Å². The van der Waals surface area contributed by atoms with Crippen LogP contribution in [0.25, 0.3) is 0 Å². The van der Waals surface area contributed by atoms with Gasteiger partial charge in [0.05, 0.1) is 0 Å². The summed E-state index contributed by atoms with van der Waals surface area (Å²) in [4.78, 5) is 9.96. The molecule has 0 atom stereocenters. The number of unbranched alkanes of at least 4 members (excludes halogenated alkanes) is 3. The lowest BCUT2D eigenvalue weighted by molar-refractivity contribution is -0.137. The van der Waals surface area contributed by atoms with Crippen molar-refractivity contribution in [1.82, 2.24) is 0 Å². The monoisotopic (exact) mass is 156 g/mol. The van der Waals surface area contributed by atoms with Crippen LogP contribution in [0.4, 0.5) is 0 Å². The van der Waals surface area contributed by atoms with Crippen LogP contribution in [0.15, 0.2) is 0 Å². The summed E-state index contributed by atoms with van der Waals surface area (Å²) in [6, 6.07) is 0. The Morgan fingerprint density at radius 2 is 1.90 bits per heavy atom. The van der Waals surface area contributed by atoms with Crippen molar-refractivity contribution in [3.63, 3.8) is 0 Å². The molecule has 0 aliphatic rings. The van der Waals surface area contributed by atoms with Gasteiger partial charge in [-0.25, -0.2) is 0 Å². The predicted molar refractivity (Wildman–Crippen MR) is 44.9 cm³/mol. The number of aliphatic carboxylic acids is 1. The standard InChI is InChI=1S/C7H14O2.Mg.2H/c1-2-3-4-5-6-7(8)9;;;/h2-6H2,1H3,(H,8,9);;;. The molecule has 0 bridgehead atoms. The van der Waals surface area contributed by atoms with Gasteiger partial charge in [0.2, 0.25) is 0 Å². The molecule has 0 aromatic heterocycles. The van der Waals surface area contributed by atoms with Gasteiger partial charge in [0.25, 0.3) is 0 Å². The highest BCUT2D eigenvalue weighted by Gasteiger charge is 1.93. The second kappa shape index (κ2) is 9.24. The first-order valence-corrected chi connectivity index (χ1v) is 3.49. The van der Waals surface area contributed by atoms with E-state index in [-0.39, 0.29) is 23.1 Å². The van der Waals surface area contributed by atoms with Crippen molar-refractivity contribution >= 4 is 29.0 Å². The van der Waals surface area contributed by atoms with Crippen molar-refractivity contribution in [2.24, 2.45) is 0 Å². The molecule has 3 heteroatoms. The number of hydrogen-bond donors (Lipinski definition) is 1. The van der Waals surface area contributed by atoms with Crippen LogP contribution < -0.4 is 0 Å². The molecule has 0 saturated carbocycles. The molecule has 0 fully saturated rings. The molecule has 0 spiro atoms. The van der Waals surface area contributed by atoms with Crippen LogP contribution in [-0.2, 0) is 4.79 Å². The highest BCUT2D eigenvalue weighted by molar-refractivity contribution is 5.75. The molecule has 0 saturated heterocycles. The van der Waals surface area contributed by atoms with Gasteiger partial charge in [-0.15, -0.1) is 0 Å². The molecule has 0 unspecified atom stereocenters. The zero-order valence-electron chi connectivity index (χ0n) is 5.89. The van der Waals surface area contributed by atoms with E-state index in [9.17, 15) is 4.79 Å². The minimum absolute atomic E-state index is 0. The Labute approximate surface area is 78.2 Å². The number of rotatable bonds is 5. The molecule has 2 nitrogen and oxygen atoms in total. The average Bonchev–Trinajstić information content (AvgIpc) is 1.80. The molecular weight excluding hydrogens is 140 g/mol. The Morgan fingerprint density at radius 1 is 1.30 bits per heavy atom. The Hall–Kier alpha value is 0.236. The molecule has 0 aliphatic heterocycles. The summed E-state index contributed by atoms with van der Waals surface area (Å²) in [5, 5.41) is 8.21. The first-order chi connectivity index (χ1) is 4.27. The maximum atomic E-state index is 9.96. The van der Waals surface area contributed by atoms with E-state index in [4.69, 9.17) is 5.11 Å². The van der Waals surface area contributed by atoms with Crippen molar-refractivity contribution in [3.05, 3.63) is 0 Å². The fourth-order valence-electron chi connectivity index (χ4n) is 0.703. The Balaban J connectivity index is 0. The van der Waals surface area contributed by atoms with Crippen LogP contribution in [0.1, 0.15) is 39.0 Å². The largest absolute Gasteiger partial charge is 0.481 e. The molecule has 0 rings (SSSR count). The highest BCUT2D eigenvalue weighted by Crippen LogP contribution is 2.01. The smallest absolute Gasteiger partial charge is 0.316 e. The maximum absolute atomic E-state index is 9.96. The molecule has 0 radical (unpaired) electrons. The Morgan fingerprint density at radius 3 is 2.30 bits per heavy atom. The van der Waals surface area contributed by atoms with Crippen LogP contribution in [0.2, 0.25) is 0 Å². The van der Waals surface area contributed by atoms with E-state index in [1.165, 1.54) is 6.42 Å². The quantitative estimate of drug-likeness (QED) is 0.479. The fraction of sp³-hybridized carbons (Fsp3) is 0.857. The molecule has 0 heterocycles. The van der Waals surface area contributed by atoms with E-state index < -0.39 is 5.97 Å². The number of hydrogen-bond acceptors (Lipinski definition) is 1. The van der Waals surface area contributed by atoms with Gasteiger partial charge < -0.3 is 5.11 Å². The molecule has 10 heavy (non-hydrogen) atoms. The molecule has 58 valence electrons. The van der Waals surface area contributed by atoms with E-state index in [0.29, 0.717) is 6.42 Å². The number of carboxylic acid groups (broad SMARTS) is 1. The van der Waals surface area contributed by atoms with E-state index in [1.54, 1.807) is 0 Å². The van der Waals surface area contributed by atoms with E-state index in [2.05, 4.69) is 6.92 Å². The number of carboxylic acids is 1. The van der Waals surface area contributed by atoms with Gasteiger partial charge in [0.15, 0.2) is 0 Å². The highest BCUT2D eigenvalue weighted by atomic mass is 24.3. The third-order valence-corrected chi connectivity index (χ3v) is 1.24. The third-order valence-electron chi connectivity index (χ3n) is 1.24. The lowest BCUT2D eigenvalue weighted by Crippen LogP contribution is -1.92. The second-order valence-electron chi connectivity index (χ2n) is 2.20. The summed E-state index contributed by atoms with van der Waals surface area (Å²) in [5.74, 6) is -0.675. The molecular formula is C7H16MgO2. The van der Waals surface area contributed by atoms with Crippen molar-refractivity contribution in [3.8, 4) is 0 Å². The van der Waals surface area contributed by atoms with Crippen LogP contribution in [-0.4, -0.2) is 34.1 Å². The Bertz CT molecular complexity index is 83.7. The molecule has 1 N–H and O–H groups in total. The number of carbonyl (C=O) groups is 1. The predicted octanol–water partition coefficient (Wildman–Crippen LogP) is 1.13. The first kappa shape index (κ1) is 12.9. The minimum Gasteiger partial charge on any atom is -0.481 e. The summed E-state index contributed by atoms with van der Waals surface area (Å²) in [5.41, 5.74) is 0. The first-order valence-electron chi connectivity index (χ1n) is 3.49. The fourth-order valence-corrected chi connectivity index (χ4v) is 0.703. The van der Waals surface area contributed by atoms with Gasteiger partial charge in [-0.1, -0.05) is 26.2 Å². The van der Waals surface area contributed by atoms with Gasteiger partial charge >= 0.3 is 29.0 Å². The normalized spacial score (nSPS) is 8.50. The second-order valence-corrected chi connectivity index (χ2v) is 2.20. The van der Waals surface area contributed by atoms with Crippen LogP contribution in [0, 0.1) is 0 Å². The maximum Gasteiger partial charge on any atom is 0.316 e. The summed E-state index contributed by atoms with van der Waals surface area (Å²) in [6.07, 6.45) is 4.55. The van der Waals surface area contributed by atoms with Gasteiger partial charge in [-0.05, 0) is 6.42 Å².